The molecule has 6 heteroatoms. The van der Waals surface area contributed by atoms with Crippen LogP contribution in [0.4, 0.5) is 14.5 Å². The fourth-order valence-electron chi connectivity index (χ4n) is 5.42. The number of nitrogens with zero attached hydrogens (tertiary/aromatic N) is 1. The number of benzene rings is 2. The average Bonchev–Trinajstić information content (AvgIpc) is 3.27. The van der Waals surface area contributed by atoms with Crippen molar-refractivity contribution >= 4 is 16.8 Å². The van der Waals surface area contributed by atoms with Crippen molar-refractivity contribution in [3.63, 3.8) is 0 Å². The minimum Gasteiger partial charge on any atom is -0.494 e. The molecule has 0 radical (unpaired) electrons. The molecule has 1 aliphatic carbocycles. The van der Waals surface area contributed by atoms with Gasteiger partial charge in [-0.1, -0.05) is 30.9 Å². The van der Waals surface area contributed by atoms with Gasteiger partial charge in [0.1, 0.15) is 6.10 Å². The molecule has 2 aromatic rings. The number of rotatable bonds is 10. The summed E-state index contributed by atoms with van der Waals surface area (Å²) in [7, 11) is 1.47. The minimum absolute atomic E-state index is 0.102. The van der Waals surface area contributed by atoms with Gasteiger partial charge in [0.25, 0.3) is 0 Å². The Bertz CT molecular complexity index is 1250. The van der Waals surface area contributed by atoms with E-state index in [9.17, 15) is 8.78 Å². The average molecular weight is 521 g/mol. The van der Waals surface area contributed by atoms with E-state index < -0.39 is 0 Å². The quantitative estimate of drug-likeness (QED) is 0.206. The first-order chi connectivity index (χ1) is 18.4. The standard InChI is InChI=1S/C32H38F2N2O2/c1-4-23(10-9-22(2)38-27-15-18-36(21-27)17-6-16-33)32-28(25-11-14-31(37-3)30(34)20-25)8-5-7-24-19-26(35)12-13-29(24)32/h4,9-14,19-20,27H,1,5-8,15-18,21,35H2,2-3H3/b22-9+,23-10+/t27-/m0/s1. The van der Waals surface area contributed by atoms with Gasteiger partial charge in [0.15, 0.2) is 11.6 Å². The number of halogens is 2. The first kappa shape index (κ1) is 27.6. The van der Waals surface area contributed by atoms with Crippen LogP contribution in [0.25, 0.3) is 11.1 Å². The number of anilines is 1. The molecule has 1 saturated heterocycles. The number of hydrogen-bond acceptors (Lipinski definition) is 4. The number of nitrogen functional groups attached to an aromatic ring is 1. The van der Waals surface area contributed by atoms with Crippen LogP contribution in [0, 0.1) is 5.82 Å². The smallest absolute Gasteiger partial charge is 0.165 e. The van der Waals surface area contributed by atoms with E-state index in [1.165, 1.54) is 12.7 Å². The summed E-state index contributed by atoms with van der Waals surface area (Å²) in [6, 6.07) is 11.1. The lowest BCUT2D eigenvalue weighted by atomic mass is 9.87. The Hall–Kier alpha value is -3.38. The Morgan fingerprint density at radius 3 is 2.76 bits per heavy atom. The van der Waals surface area contributed by atoms with E-state index in [2.05, 4.69) is 17.5 Å². The number of nitrogens with two attached hydrogens (primary N) is 1. The van der Waals surface area contributed by atoms with E-state index in [0.717, 1.165) is 84.6 Å². The highest BCUT2D eigenvalue weighted by Gasteiger charge is 2.24. The van der Waals surface area contributed by atoms with Crippen molar-refractivity contribution in [2.24, 2.45) is 0 Å². The summed E-state index contributed by atoms with van der Waals surface area (Å²) in [6.45, 7) is 8.31. The third kappa shape index (κ3) is 6.54. The van der Waals surface area contributed by atoms with E-state index in [1.54, 1.807) is 12.1 Å². The third-order valence-corrected chi connectivity index (χ3v) is 7.27. The van der Waals surface area contributed by atoms with Crippen molar-refractivity contribution in [2.75, 3.05) is 39.2 Å². The number of methoxy groups -OCH3 is 1. The first-order valence-corrected chi connectivity index (χ1v) is 13.4. The van der Waals surface area contributed by atoms with Crippen LogP contribution in [0.2, 0.25) is 0 Å². The number of alkyl halides is 1. The second kappa shape index (κ2) is 12.9. The molecule has 2 N–H and O–H groups in total. The van der Waals surface area contributed by atoms with Crippen LogP contribution in [0.15, 0.2) is 72.5 Å². The molecule has 0 unspecified atom stereocenters. The summed E-state index contributed by atoms with van der Waals surface area (Å²) in [6.07, 6.45) is 10.0. The van der Waals surface area contributed by atoms with Gasteiger partial charge in [-0.15, -0.1) is 0 Å². The fraction of sp³-hybridized carbons (Fsp3) is 0.375. The van der Waals surface area contributed by atoms with Gasteiger partial charge < -0.3 is 15.2 Å². The van der Waals surface area contributed by atoms with Crippen LogP contribution in [-0.2, 0) is 11.2 Å². The molecular weight excluding hydrogens is 482 g/mol. The molecule has 202 valence electrons. The highest BCUT2D eigenvalue weighted by Crippen LogP contribution is 2.41. The van der Waals surface area contributed by atoms with Crippen molar-refractivity contribution in [1.82, 2.24) is 4.90 Å². The number of allylic oxidation sites excluding steroid dienone is 7. The predicted octanol–water partition coefficient (Wildman–Crippen LogP) is 7.13. The van der Waals surface area contributed by atoms with Gasteiger partial charge in [-0.3, -0.25) is 9.29 Å². The molecule has 4 rings (SSSR count). The lowest BCUT2D eigenvalue weighted by Crippen LogP contribution is -2.24. The molecule has 1 fully saturated rings. The molecule has 0 amide bonds. The van der Waals surface area contributed by atoms with Crippen molar-refractivity contribution < 1.29 is 18.3 Å². The van der Waals surface area contributed by atoms with Gasteiger partial charge in [0.05, 0.1) is 19.5 Å². The van der Waals surface area contributed by atoms with E-state index in [0.29, 0.717) is 6.42 Å². The van der Waals surface area contributed by atoms with Crippen LogP contribution < -0.4 is 10.5 Å². The van der Waals surface area contributed by atoms with Crippen LogP contribution in [0.1, 0.15) is 49.3 Å². The maximum Gasteiger partial charge on any atom is 0.165 e. The SMILES string of the molecule is C=C/C(=C\C=C(/C)O[C@H]1CCN(CCCF)C1)C1=C(c2ccc(OC)c(F)c2)CCCc2cc(N)ccc21. The summed E-state index contributed by atoms with van der Waals surface area (Å²) >= 11 is 0. The number of aryl methyl sites for hydroxylation is 1. The summed E-state index contributed by atoms with van der Waals surface area (Å²) in [4.78, 5) is 2.25. The monoisotopic (exact) mass is 520 g/mol. The van der Waals surface area contributed by atoms with Gasteiger partial charge in [0.2, 0.25) is 0 Å². The topological polar surface area (TPSA) is 47.7 Å². The minimum atomic E-state index is -0.385. The van der Waals surface area contributed by atoms with Crippen LogP contribution >= 0.6 is 0 Å². The van der Waals surface area contributed by atoms with Gasteiger partial charge in [-0.05, 0) is 103 Å². The maximum atomic E-state index is 14.8. The summed E-state index contributed by atoms with van der Waals surface area (Å²) in [5.74, 6) is 0.651. The molecule has 0 spiro atoms. The molecule has 1 atom stereocenters. The Morgan fingerprint density at radius 1 is 1.18 bits per heavy atom. The molecule has 0 bridgehead atoms. The summed E-state index contributed by atoms with van der Waals surface area (Å²) in [5.41, 5.74) is 13.0. The number of fused-ring (bicyclic) bond motifs is 1. The molecule has 2 aliphatic rings. The third-order valence-electron chi connectivity index (χ3n) is 7.27. The Balaban J connectivity index is 1.70. The van der Waals surface area contributed by atoms with E-state index in [-0.39, 0.29) is 24.3 Å². The van der Waals surface area contributed by atoms with Gasteiger partial charge in [0, 0.05) is 25.3 Å². The molecule has 1 heterocycles. The molecule has 4 nitrogen and oxygen atoms in total. The normalized spacial score (nSPS) is 18.8. The van der Waals surface area contributed by atoms with Crippen LogP contribution in [0.5, 0.6) is 5.75 Å². The molecular formula is C32H38F2N2O2. The zero-order chi connectivity index (χ0) is 27.1. The highest BCUT2D eigenvalue weighted by atomic mass is 19.1. The van der Waals surface area contributed by atoms with E-state index in [4.69, 9.17) is 15.2 Å². The van der Waals surface area contributed by atoms with Crippen molar-refractivity contribution in [3.8, 4) is 5.75 Å². The lowest BCUT2D eigenvalue weighted by Gasteiger charge is -2.18. The summed E-state index contributed by atoms with van der Waals surface area (Å²) in [5, 5.41) is 0. The van der Waals surface area contributed by atoms with E-state index in [1.807, 2.05) is 43.4 Å². The number of likely N-dealkylation sites (tertiary alicyclic amines) is 1. The molecule has 0 aromatic heterocycles. The molecule has 1 aliphatic heterocycles. The molecule has 2 aromatic carbocycles. The van der Waals surface area contributed by atoms with Crippen molar-refractivity contribution in [3.05, 3.63) is 95.0 Å². The zero-order valence-electron chi connectivity index (χ0n) is 22.4. The molecule has 0 saturated carbocycles. The number of ether oxygens (including phenoxy) is 2. The van der Waals surface area contributed by atoms with Crippen molar-refractivity contribution in [1.29, 1.82) is 0 Å². The number of hydrogen-bond donors (Lipinski definition) is 1. The maximum absolute atomic E-state index is 14.8. The van der Waals surface area contributed by atoms with Crippen molar-refractivity contribution in [2.45, 2.75) is 45.1 Å². The Morgan fingerprint density at radius 2 is 2.03 bits per heavy atom. The lowest BCUT2D eigenvalue weighted by molar-refractivity contribution is 0.121. The zero-order valence-corrected chi connectivity index (χ0v) is 22.4. The van der Waals surface area contributed by atoms with Crippen LogP contribution in [-0.4, -0.2) is 44.4 Å². The van der Waals surface area contributed by atoms with E-state index >= 15 is 0 Å². The fourth-order valence-corrected chi connectivity index (χ4v) is 5.42. The van der Waals surface area contributed by atoms with Gasteiger partial charge >= 0.3 is 0 Å². The largest absolute Gasteiger partial charge is 0.494 e. The Kier molecular flexibility index (Phi) is 9.40. The summed E-state index contributed by atoms with van der Waals surface area (Å²) < 4.78 is 38.7. The Labute approximate surface area is 225 Å². The first-order valence-electron chi connectivity index (χ1n) is 13.4. The second-order valence-electron chi connectivity index (χ2n) is 9.95. The van der Waals surface area contributed by atoms with Crippen LogP contribution in [0.3, 0.4) is 0 Å². The van der Waals surface area contributed by atoms with Gasteiger partial charge in [-0.2, -0.15) is 0 Å². The molecule has 38 heavy (non-hydrogen) atoms. The van der Waals surface area contributed by atoms with Gasteiger partial charge in [-0.25, -0.2) is 4.39 Å². The predicted molar refractivity (Wildman–Crippen MR) is 152 cm³/mol. The highest BCUT2D eigenvalue weighted by molar-refractivity contribution is 6.01. The second-order valence-corrected chi connectivity index (χ2v) is 9.95.